The second-order valence-electron chi connectivity index (χ2n) is 7.09. The van der Waals surface area contributed by atoms with E-state index in [1.807, 2.05) is 24.3 Å². The van der Waals surface area contributed by atoms with Crippen molar-refractivity contribution in [1.29, 1.82) is 5.26 Å². The van der Waals surface area contributed by atoms with Crippen molar-refractivity contribution in [1.82, 2.24) is 9.97 Å². The lowest BCUT2D eigenvalue weighted by molar-refractivity contribution is -0.150. The Balaban J connectivity index is 2.02. The zero-order valence-electron chi connectivity index (χ0n) is 16.4. The first-order valence-electron chi connectivity index (χ1n) is 9.74. The number of nitriles is 1. The van der Waals surface area contributed by atoms with Crippen LogP contribution in [0.15, 0.2) is 24.3 Å². The van der Waals surface area contributed by atoms with Crippen LogP contribution in [0.5, 0.6) is 0 Å². The summed E-state index contributed by atoms with van der Waals surface area (Å²) in [5.74, 6) is -1.13. The Morgan fingerprint density at radius 1 is 1.18 bits per heavy atom. The summed E-state index contributed by atoms with van der Waals surface area (Å²) < 4.78 is 10.4. The Kier molecular flexibility index (Phi) is 6.77. The summed E-state index contributed by atoms with van der Waals surface area (Å²) in [6.45, 7) is 3.68. The number of benzene rings is 1. The van der Waals surface area contributed by atoms with Gasteiger partial charge >= 0.3 is 5.97 Å². The molecule has 0 aliphatic carbocycles. The van der Waals surface area contributed by atoms with Crippen LogP contribution in [0.2, 0.25) is 0 Å². The summed E-state index contributed by atoms with van der Waals surface area (Å²) in [6.07, 6.45) is 4.01. The molecule has 0 spiro atoms. The highest BCUT2D eigenvalue weighted by Gasteiger charge is 2.31. The maximum atomic E-state index is 12.7. The third-order valence-corrected chi connectivity index (χ3v) is 4.84. The number of ether oxygens (including phenoxy) is 2. The molecule has 1 aliphatic rings. The van der Waals surface area contributed by atoms with Gasteiger partial charge in [-0.25, -0.2) is 9.97 Å². The van der Waals surface area contributed by atoms with Crippen molar-refractivity contribution >= 4 is 22.8 Å². The van der Waals surface area contributed by atoms with Gasteiger partial charge in [0.25, 0.3) is 0 Å². The quantitative estimate of drug-likeness (QED) is 0.709. The lowest BCUT2D eigenvalue weighted by Crippen LogP contribution is -2.30. The molecule has 2 heterocycles. The van der Waals surface area contributed by atoms with Crippen LogP contribution in [-0.2, 0) is 14.3 Å². The molecule has 1 aromatic heterocycles. The highest BCUT2D eigenvalue weighted by Crippen LogP contribution is 2.29. The number of para-hydroxylation sites is 2. The molecule has 7 nitrogen and oxygen atoms in total. The molecule has 1 aromatic carbocycles. The summed E-state index contributed by atoms with van der Waals surface area (Å²) in [5, 5.41) is 9.77. The second kappa shape index (κ2) is 9.47. The van der Waals surface area contributed by atoms with Crippen LogP contribution < -0.4 is 4.90 Å². The van der Waals surface area contributed by atoms with Gasteiger partial charge in [-0.1, -0.05) is 25.0 Å². The molecule has 0 N–H and O–H groups in total. The van der Waals surface area contributed by atoms with Gasteiger partial charge in [0.15, 0.2) is 11.7 Å². The summed E-state index contributed by atoms with van der Waals surface area (Å²) in [6, 6.07) is 9.59. The number of methoxy groups -OCH3 is 1. The van der Waals surface area contributed by atoms with E-state index < -0.39 is 18.0 Å². The van der Waals surface area contributed by atoms with Crippen molar-refractivity contribution in [3.8, 4) is 6.07 Å². The zero-order chi connectivity index (χ0) is 19.9. The molecule has 1 saturated heterocycles. The van der Waals surface area contributed by atoms with Gasteiger partial charge in [0.2, 0.25) is 0 Å². The smallest absolute Gasteiger partial charge is 0.330 e. The van der Waals surface area contributed by atoms with Crippen LogP contribution in [0.3, 0.4) is 0 Å². The average Bonchev–Trinajstić information content (AvgIpc) is 2.97. The van der Waals surface area contributed by atoms with Gasteiger partial charge in [0, 0.05) is 20.2 Å². The van der Waals surface area contributed by atoms with E-state index in [9.17, 15) is 10.1 Å². The number of anilines is 1. The molecule has 3 rings (SSSR count). The number of aromatic nitrogens is 2. The largest absolute Gasteiger partial charge is 0.459 e. The average molecular weight is 382 g/mol. The van der Waals surface area contributed by atoms with Crippen molar-refractivity contribution in [3.05, 3.63) is 30.0 Å². The van der Waals surface area contributed by atoms with Crippen molar-refractivity contribution in [3.63, 3.8) is 0 Å². The van der Waals surface area contributed by atoms with Crippen molar-refractivity contribution in [2.75, 3.05) is 31.7 Å². The van der Waals surface area contributed by atoms with E-state index in [0.29, 0.717) is 17.0 Å². The molecule has 28 heavy (non-hydrogen) atoms. The Morgan fingerprint density at radius 3 is 2.43 bits per heavy atom. The highest BCUT2D eigenvalue weighted by molar-refractivity contribution is 5.85. The molecule has 0 amide bonds. The fourth-order valence-corrected chi connectivity index (χ4v) is 3.47. The normalized spacial score (nSPS) is 16.8. The predicted octanol–water partition coefficient (Wildman–Crippen LogP) is 3.20. The number of esters is 1. The molecule has 148 valence electrons. The molecule has 0 saturated carbocycles. The van der Waals surface area contributed by atoms with Gasteiger partial charge in [-0.05, 0) is 31.9 Å². The van der Waals surface area contributed by atoms with Gasteiger partial charge in [-0.15, -0.1) is 0 Å². The topological polar surface area (TPSA) is 88.3 Å². The number of hydrogen-bond donors (Lipinski definition) is 0. The van der Waals surface area contributed by atoms with E-state index >= 15 is 0 Å². The third-order valence-electron chi connectivity index (χ3n) is 4.84. The zero-order valence-corrected chi connectivity index (χ0v) is 16.4. The van der Waals surface area contributed by atoms with Crippen LogP contribution in [0.1, 0.15) is 44.2 Å². The van der Waals surface area contributed by atoms with Crippen molar-refractivity contribution < 1.29 is 14.3 Å². The molecular formula is C21H26N4O3. The van der Waals surface area contributed by atoms with Crippen molar-refractivity contribution in [2.45, 2.75) is 44.6 Å². The first-order chi connectivity index (χ1) is 13.6. The molecule has 2 atom stereocenters. The van der Waals surface area contributed by atoms with Gasteiger partial charge in [0.1, 0.15) is 11.8 Å². The standard InChI is InChI=1S/C21H26N4O3/c1-15(14-27-2)28-21(26)16(13-22)19-20(25-11-7-3-4-8-12-25)24-18-10-6-5-9-17(18)23-19/h5-6,9-10,15-16H,3-4,7-8,11-12,14H2,1-2H3/t15-,16-/m0/s1. The fourth-order valence-electron chi connectivity index (χ4n) is 3.47. The predicted molar refractivity (Wildman–Crippen MR) is 106 cm³/mol. The molecule has 0 bridgehead atoms. The number of hydrogen-bond acceptors (Lipinski definition) is 7. The molecular weight excluding hydrogens is 356 g/mol. The van der Waals surface area contributed by atoms with E-state index in [0.717, 1.165) is 31.4 Å². The Hall–Kier alpha value is -2.72. The molecule has 2 aromatic rings. The summed E-state index contributed by atoms with van der Waals surface area (Å²) in [5.41, 5.74) is 1.79. The van der Waals surface area contributed by atoms with E-state index in [4.69, 9.17) is 14.5 Å². The number of rotatable bonds is 6. The summed E-state index contributed by atoms with van der Waals surface area (Å²) in [4.78, 5) is 24.3. The minimum atomic E-state index is -1.13. The monoisotopic (exact) mass is 382 g/mol. The maximum absolute atomic E-state index is 12.7. The van der Waals surface area contributed by atoms with Crippen molar-refractivity contribution in [2.24, 2.45) is 0 Å². The molecule has 1 fully saturated rings. The summed E-state index contributed by atoms with van der Waals surface area (Å²) in [7, 11) is 1.54. The van der Waals surface area contributed by atoms with E-state index in [-0.39, 0.29) is 6.61 Å². The second-order valence-corrected chi connectivity index (χ2v) is 7.09. The van der Waals surface area contributed by atoms with Crippen LogP contribution in [-0.4, -0.2) is 48.8 Å². The SMILES string of the molecule is COC[C@H](C)OC(=O)[C@@H](C#N)c1nc2ccccc2nc1N1CCCCCC1. The van der Waals surface area contributed by atoms with Crippen LogP contribution in [0.4, 0.5) is 5.82 Å². The van der Waals surface area contributed by atoms with Crippen LogP contribution in [0, 0.1) is 11.3 Å². The Bertz CT molecular complexity index is 856. The minimum absolute atomic E-state index is 0.270. The van der Waals surface area contributed by atoms with E-state index in [1.165, 1.54) is 12.8 Å². The van der Waals surface area contributed by atoms with E-state index in [2.05, 4.69) is 16.0 Å². The Labute approximate surface area is 165 Å². The number of carbonyl (C=O) groups excluding carboxylic acids is 1. The van der Waals surface area contributed by atoms with E-state index in [1.54, 1.807) is 14.0 Å². The molecule has 7 heteroatoms. The fraction of sp³-hybridized carbons (Fsp3) is 0.524. The first kappa shape index (κ1) is 20.0. The summed E-state index contributed by atoms with van der Waals surface area (Å²) >= 11 is 0. The van der Waals surface area contributed by atoms with Crippen LogP contribution >= 0.6 is 0 Å². The van der Waals surface area contributed by atoms with Gasteiger partial charge in [-0.3, -0.25) is 4.79 Å². The number of fused-ring (bicyclic) bond motifs is 1. The van der Waals surface area contributed by atoms with Gasteiger partial charge < -0.3 is 14.4 Å². The highest BCUT2D eigenvalue weighted by atomic mass is 16.6. The van der Waals surface area contributed by atoms with Gasteiger partial charge in [-0.2, -0.15) is 5.26 Å². The lowest BCUT2D eigenvalue weighted by atomic mass is 10.1. The van der Waals surface area contributed by atoms with Gasteiger partial charge in [0.05, 0.1) is 23.7 Å². The maximum Gasteiger partial charge on any atom is 0.330 e. The number of nitrogens with zero attached hydrogens (tertiary/aromatic N) is 4. The Morgan fingerprint density at radius 2 is 1.82 bits per heavy atom. The van der Waals surface area contributed by atoms with Crippen LogP contribution in [0.25, 0.3) is 11.0 Å². The first-order valence-corrected chi connectivity index (χ1v) is 9.74. The third kappa shape index (κ3) is 4.57. The number of carbonyl (C=O) groups is 1. The molecule has 1 aliphatic heterocycles. The minimum Gasteiger partial charge on any atom is -0.459 e. The molecule has 0 unspecified atom stereocenters. The lowest BCUT2D eigenvalue weighted by Gasteiger charge is -2.25. The molecule has 0 radical (unpaired) electrons.